The highest BCUT2D eigenvalue weighted by Gasteiger charge is 2.35. The number of anilines is 1. The second-order valence-electron chi connectivity index (χ2n) is 8.64. The van der Waals surface area contributed by atoms with E-state index in [0.29, 0.717) is 36.4 Å². The molecule has 31 heavy (non-hydrogen) atoms. The molecule has 1 unspecified atom stereocenters. The maximum absolute atomic E-state index is 13.1. The van der Waals surface area contributed by atoms with Gasteiger partial charge in [-0.1, -0.05) is 6.07 Å². The molecule has 1 fully saturated rings. The first-order valence-electron chi connectivity index (χ1n) is 10.5. The number of benzene rings is 2. The minimum Gasteiger partial charge on any atom is -0.497 e. The van der Waals surface area contributed by atoms with Gasteiger partial charge in [0.1, 0.15) is 17.1 Å². The van der Waals surface area contributed by atoms with E-state index in [1.54, 1.807) is 31.4 Å². The van der Waals surface area contributed by atoms with Gasteiger partial charge in [0.2, 0.25) is 10.0 Å². The molecule has 2 aromatic carbocycles. The van der Waals surface area contributed by atoms with Crippen molar-refractivity contribution in [2.24, 2.45) is 0 Å². The van der Waals surface area contributed by atoms with Crippen LogP contribution in [0.2, 0.25) is 0 Å². The summed E-state index contributed by atoms with van der Waals surface area (Å²) in [6.45, 7) is 4.41. The highest BCUT2D eigenvalue weighted by Crippen LogP contribution is 2.41. The molecule has 7 nitrogen and oxygen atoms in total. The number of amides is 1. The Hall–Kier alpha value is -2.74. The average molecular weight is 445 g/mol. The van der Waals surface area contributed by atoms with E-state index in [4.69, 9.17) is 9.47 Å². The van der Waals surface area contributed by atoms with Crippen molar-refractivity contribution >= 4 is 21.6 Å². The Morgan fingerprint density at radius 1 is 1.19 bits per heavy atom. The summed E-state index contributed by atoms with van der Waals surface area (Å²) in [5, 5.41) is 3.11. The Labute approximate surface area is 183 Å². The Morgan fingerprint density at radius 2 is 2.00 bits per heavy atom. The number of nitrogens with one attached hydrogen (secondary N) is 1. The van der Waals surface area contributed by atoms with Crippen molar-refractivity contribution in [2.45, 2.75) is 44.8 Å². The number of fused-ring (bicyclic) bond motifs is 1. The lowest BCUT2D eigenvalue weighted by atomic mass is 9.89. The zero-order valence-corrected chi connectivity index (χ0v) is 18.9. The molecule has 1 N–H and O–H groups in total. The van der Waals surface area contributed by atoms with Gasteiger partial charge in [0, 0.05) is 24.1 Å². The number of ether oxygens (including phenoxy) is 2. The van der Waals surface area contributed by atoms with Gasteiger partial charge in [0.25, 0.3) is 5.91 Å². The smallest absolute Gasteiger partial charge is 0.251 e. The third-order valence-electron chi connectivity index (χ3n) is 5.73. The molecular formula is C23H28N2O5S. The molecule has 2 aliphatic rings. The Bertz CT molecular complexity index is 1100. The lowest BCUT2D eigenvalue weighted by Gasteiger charge is -2.38. The molecule has 0 spiro atoms. The van der Waals surface area contributed by atoms with Crippen LogP contribution in [0, 0.1) is 0 Å². The average Bonchev–Trinajstić information content (AvgIpc) is 2.72. The molecule has 0 aromatic heterocycles. The first-order valence-corrected chi connectivity index (χ1v) is 12.1. The normalized spacial score (nSPS) is 21.5. The zero-order chi connectivity index (χ0) is 22.2. The maximum Gasteiger partial charge on any atom is 0.251 e. The van der Waals surface area contributed by atoms with Crippen molar-refractivity contribution in [3.63, 3.8) is 0 Å². The van der Waals surface area contributed by atoms with Gasteiger partial charge in [-0.2, -0.15) is 0 Å². The van der Waals surface area contributed by atoms with Crippen LogP contribution >= 0.6 is 0 Å². The van der Waals surface area contributed by atoms with Crippen molar-refractivity contribution in [1.82, 2.24) is 5.32 Å². The summed E-state index contributed by atoms with van der Waals surface area (Å²) in [6, 6.07) is 12.1. The molecular weight excluding hydrogens is 416 g/mol. The van der Waals surface area contributed by atoms with Gasteiger partial charge in [-0.15, -0.1) is 0 Å². The van der Waals surface area contributed by atoms with Crippen LogP contribution in [0.5, 0.6) is 11.5 Å². The van der Waals surface area contributed by atoms with Crippen molar-refractivity contribution in [3.8, 4) is 11.5 Å². The molecule has 2 heterocycles. The summed E-state index contributed by atoms with van der Waals surface area (Å²) in [4.78, 5) is 13.1. The number of hydrogen-bond acceptors (Lipinski definition) is 5. The van der Waals surface area contributed by atoms with E-state index in [-0.39, 0.29) is 17.7 Å². The Balaban J connectivity index is 1.60. The van der Waals surface area contributed by atoms with Crippen molar-refractivity contribution in [3.05, 3.63) is 53.6 Å². The van der Waals surface area contributed by atoms with Gasteiger partial charge in [0.05, 0.1) is 24.6 Å². The number of nitrogens with zero attached hydrogens (tertiary/aromatic N) is 1. The standard InChI is InChI=1S/C23H28N2O5S/c1-23(2)15-20(19-14-18(29-3)9-10-21(19)30-23)24-22(26)16-7-6-8-17(13-16)25-11-4-5-12-31(25,27)28/h6-10,13-14,20H,4-5,11-12,15H2,1-3H3,(H,24,26). The summed E-state index contributed by atoms with van der Waals surface area (Å²) in [6.07, 6.45) is 2.08. The van der Waals surface area contributed by atoms with Crippen molar-refractivity contribution in [1.29, 1.82) is 0 Å². The third kappa shape index (κ3) is 4.49. The lowest BCUT2D eigenvalue weighted by Crippen LogP contribution is -2.41. The predicted molar refractivity (Wildman–Crippen MR) is 119 cm³/mol. The highest BCUT2D eigenvalue weighted by molar-refractivity contribution is 7.92. The highest BCUT2D eigenvalue weighted by atomic mass is 32.2. The number of carbonyl (C=O) groups excluding carboxylic acids is 1. The van der Waals surface area contributed by atoms with Crippen LogP contribution in [-0.2, 0) is 10.0 Å². The molecule has 0 aliphatic carbocycles. The van der Waals surface area contributed by atoms with Crippen molar-refractivity contribution in [2.75, 3.05) is 23.7 Å². The molecule has 1 amide bonds. The number of carbonyl (C=O) groups is 1. The molecule has 2 aliphatic heterocycles. The number of sulfonamides is 1. The van der Waals surface area contributed by atoms with Gasteiger partial charge >= 0.3 is 0 Å². The van der Waals surface area contributed by atoms with E-state index in [1.165, 1.54) is 4.31 Å². The SMILES string of the molecule is COc1ccc2c(c1)C(NC(=O)c1cccc(N3CCCCS3(=O)=O)c1)CC(C)(C)O2. The van der Waals surface area contributed by atoms with Crippen LogP contribution in [0.25, 0.3) is 0 Å². The van der Waals surface area contributed by atoms with Crippen LogP contribution in [0.3, 0.4) is 0 Å². The molecule has 8 heteroatoms. The van der Waals surface area contributed by atoms with E-state index >= 15 is 0 Å². The van der Waals surface area contributed by atoms with E-state index in [9.17, 15) is 13.2 Å². The molecule has 4 rings (SSSR count). The monoisotopic (exact) mass is 444 g/mol. The zero-order valence-electron chi connectivity index (χ0n) is 18.1. The molecule has 0 bridgehead atoms. The minimum absolute atomic E-state index is 0.138. The third-order valence-corrected chi connectivity index (χ3v) is 7.59. The van der Waals surface area contributed by atoms with Gasteiger partial charge in [-0.05, 0) is 63.1 Å². The van der Waals surface area contributed by atoms with Crippen LogP contribution in [-0.4, -0.2) is 39.3 Å². The molecule has 1 atom stereocenters. The molecule has 1 saturated heterocycles. The topological polar surface area (TPSA) is 84.9 Å². The van der Waals surface area contributed by atoms with Gasteiger partial charge in [0.15, 0.2) is 0 Å². The van der Waals surface area contributed by atoms with Crippen LogP contribution in [0.4, 0.5) is 5.69 Å². The molecule has 0 saturated carbocycles. The second-order valence-corrected chi connectivity index (χ2v) is 10.7. The number of methoxy groups -OCH3 is 1. The largest absolute Gasteiger partial charge is 0.497 e. The molecule has 0 radical (unpaired) electrons. The van der Waals surface area contributed by atoms with Crippen LogP contribution < -0.4 is 19.1 Å². The van der Waals surface area contributed by atoms with Gasteiger partial charge in [-0.3, -0.25) is 9.10 Å². The fourth-order valence-corrected chi connectivity index (χ4v) is 5.84. The Morgan fingerprint density at radius 3 is 2.74 bits per heavy atom. The van der Waals surface area contributed by atoms with Gasteiger partial charge in [-0.25, -0.2) is 8.42 Å². The van der Waals surface area contributed by atoms with Crippen LogP contribution in [0.1, 0.15) is 55.1 Å². The summed E-state index contributed by atoms with van der Waals surface area (Å²) < 4.78 is 37.7. The quantitative estimate of drug-likeness (QED) is 0.778. The summed E-state index contributed by atoms with van der Waals surface area (Å²) >= 11 is 0. The maximum atomic E-state index is 13.1. The van der Waals surface area contributed by atoms with Crippen molar-refractivity contribution < 1.29 is 22.7 Å². The Kier molecular flexibility index (Phi) is 5.60. The number of hydrogen-bond donors (Lipinski definition) is 1. The predicted octanol–water partition coefficient (Wildman–Crippen LogP) is 3.66. The molecule has 166 valence electrons. The second kappa shape index (κ2) is 8.07. The fraction of sp³-hybridized carbons (Fsp3) is 0.435. The van der Waals surface area contributed by atoms with Crippen LogP contribution in [0.15, 0.2) is 42.5 Å². The lowest BCUT2D eigenvalue weighted by molar-refractivity contribution is 0.0618. The summed E-state index contributed by atoms with van der Waals surface area (Å²) in [5.41, 5.74) is 1.37. The van der Waals surface area contributed by atoms with Gasteiger partial charge < -0.3 is 14.8 Å². The van der Waals surface area contributed by atoms with E-state index in [1.807, 2.05) is 32.0 Å². The minimum atomic E-state index is -3.34. The number of rotatable bonds is 4. The first kappa shape index (κ1) is 21.5. The summed E-state index contributed by atoms with van der Waals surface area (Å²) in [5.74, 6) is 1.29. The fourth-order valence-electron chi connectivity index (χ4n) is 4.21. The van der Waals surface area contributed by atoms with E-state index < -0.39 is 15.6 Å². The van der Waals surface area contributed by atoms with E-state index in [2.05, 4.69) is 5.32 Å². The summed E-state index contributed by atoms with van der Waals surface area (Å²) in [7, 11) is -1.74. The first-order chi connectivity index (χ1) is 14.7. The molecule has 2 aromatic rings. The van der Waals surface area contributed by atoms with E-state index in [0.717, 1.165) is 17.7 Å².